The highest BCUT2D eigenvalue weighted by Crippen LogP contribution is 2.07. The van der Waals surface area contributed by atoms with Crippen LogP contribution in [0, 0.1) is 0 Å². The number of carboxylic acids is 1. The summed E-state index contributed by atoms with van der Waals surface area (Å²) in [6, 6.07) is 4.23. The standard InChI is InChI=1S/C9H12N2O3/c1-14-8-4-2-3-6(11-8)5-7(10)9(12)13/h2-4,7H,5,10H2,1H3,(H,12,13). The summed E-state index contributed by atoms with van der Waals surface area (Å²) >= 11 is 0. The monoisotopic (exact) mass is 196 g/mol. The van der Waals surface area contributed by atoms with E-state index in [1.807, 2.05) is 0 Å². The largest absolute Gasteiger partial charge is 0.481 e. The Morgan fingerprint density at radius 2 is 2.43 bits per heavy atom. The van der Waals surface area contributed by atoms with Crippen molar-refractivity contribution < 1.29 is 14.6 Å². The van der Waals surface area contributed by atoms with E-state index in [1.165, 1.54) is 7.11 Å². The molecule has 76 valence electrons. The lowest BCUT2D eigenvalue weighted by atomic mass is 10.1. The quantitative estimate of drug-likeness (QED) is 0.710. The average Bonchev–Trinajstić information content (AvgIpc) is 2.18. The van der Waals surface area contributed by atoms with Crippen LogP contribution in [0.5, 0.6) is 5.88 Å². The minimum Gasteiger partial charge on any atom is -0.481 e. The molecule has 0 fully saturated rings. The van der Waals surface area contributed by atoms with Crippen LogP contribution < -0.4 is 10.5 Å². The van der Waals surface area contributed by atoms with Gasteiger partial charge in [-0.3, -0.25) is 4.79 Å². The molecule has 0 amide bonds. The Morgan fingerprint density at radius 1 is 1.71 bits per heavy atom. The molecule has 0 aromatic carbocycles. The van der Waals surface area contributed by atoms with Gasteiger partial charge in [0, 0.05) is 18.2 Å². The second kappa shape index (κ2) is 4.57. The first-order chi connectivity index (χ1) is 6.63. The Kier molecular flexibility index (Phi) is 3.41. The third kappa shape index (κ3) is 2.70. The molecule has 1 atom stereocenters. The molecular formula is C9H12N2O3. The Bertz CT molecular complexity index is 328. The lowest BCUT2D eigenvalue weighted by Gasteiger charge is -2.06. The van der Waals surface area contributed by atoms with Gasteiger partial charge in [-0.25, -0.2) is 4.98 Å². The summed E-state index contributed by atoms with van der Waals surface area (Å²) in [7, 11) is 1.50. The van der Waals surface area contributed by atoms with E-state index in [0.29, 0.717) is 11.6 Å². The number of nitrogens with two attached hydrogens (primary N) is 1. The van der Waals surface area contributed by atoms with Gasteiger partial charge >= 0.3 is 5.97 Å². The van der Waals surface area contributed by atoms with Crippen LogP contribution in [0.25, 0.3) is 0 Å². The summed E-state index contributed by atoms with van der Waals surface area (Å²) in [5.41, 5.74) is 5.97. The molecule has 5 nitrogen and oxygen atoms in total. The minimum atomic E-state index is -1.03. The Labute approximate surface area is 81.5 Å². The molecule has 0 bridgehead atoms. The second-order valence-corrected chi connectivity index (χ2v) is 2.82. The maximum absolute atomic E-state index is 10.5. The minimum absolute atomic E-state index is 0.201. The molecule has 1 heterocycles. The van der Waals surface area contributed by atoms with Crippen molar-refractivity contribution in [1.82, 2.24) is 4.98 Å². The van der Waals surface area contributed by atoms with Gasteiger partial charge < -0.3 is 15.6 Å². The smallest absolute Gasteiger partial charge is 0.320 e. The first-order valence-corrected chi connectivity index (χ1v) is 4.12. The topological polar surface area (TPSA) is 85.4 Å². The fourth-order valence-electron chi connectivity index (χ4n) is 0.998. The highest BCUT2D eigenvalue weighted by atomic mass is 16.5. The van der Waals surface area contributed by atoms with E-state index in [9.17, 15) is 4.79 Å². The summed E-state index contributed by atoms with van der Waals surface area (Å²) in [5, 5.41) is 8.59. The summed E-state index contributed by atoms with van der Waals surface area (Å²) in [5.74, 6) is -0.574. The third-order valence-electron chi connectivity index (χ3n) is 1.74. The van der Waals surface area contributed by atoms with Gasteiger partial charge in [-0.2, -0.15) is 0 Å². The molecule has 1 aromatic heterocycles. The second-order valence-electron chi connectivity index (χ2n) is 2.82. The van der Waals surface area contributed by atoms with Crippen LogP contribution in [0.1, 0.15) is 5.69 Å². The van der Waals surface area contributed by atoms with Crippen LogP contribution in [0.15, 0.2) is 18.2 Å². The van der Waals surface area contributed by atoms with Gasteiger partial charge in [-0.1, -0.05) is 6.07 Å². The van der Waals surface area contributed by atoms with Crippen molar-refractivity contribution in [3.05, 3.63) is 23.9 Å². The number of nitrogens with zero attached hydrogens (tertiary/aromatic N) is 1. The summed E-state index contributed by atoms with van der Waals surface area (Å²) in [6.45, 7) is 0. The number of pyridine rings is 1. The summed E-state index contributed by atoms with van der Waals surface area (Å²) < 4.78 is 4.90. The van der Waals surface area contributed by atoms with E-state index in [2.05, 4.69) is 4.98 Å². The van der Waals surface area contributed by atoms with E-state index in [0.717, 1.165) is 0 Å². The molecule has 5 heteroatoms. The van der Waals surface area contributed by atoms with Gasteiger partial charge in [0.1, 0.15) is 6.04 Å². The first-order valence-electron chi connectivity index (χ1n) is 4.12. The van der Waals surface area contributed by atoms with Crippen molar-refractivity contribution >= 4 is 5.97 Å². The number of methoxy groups -OCH3 is 1. The van der Waals surface area contributed by atoms with E-state index >= 15 is 0 Å². The highest BCUT2D eigenvalue weighted by molar-refractivity contribution is 5.73. The fraction of sp³-hybridized carbons (Fsp3) is 0.333. The summed E-state index contributed by atoms with van der Waals surface area (Å²) in [6.07, 6.45) is 0.201. The highest BCUT2D eigenvalue weighted by Gasteiger charge is 2.12. The number of hydrogen-bond donors (Lipinski definition) is 2. The van der Waals surface area contributed by atoms with Crippen molar-refractivity contribution in [3.63, 3.8) is 0 Å². The first kappa shape index (κ1) is 10.5. The van der Waals surface area contributed by atoms with E-state index in [-0.39, 0.29) is 6.42 Å². The molecule has 1 rings (SSSR count). The van der Waals surface area contributed by atoms with Gasteiger partial charge in [0.25, 0.3) is 0 Å². The van der Waals surface area contributed by atoms with E-state index < -0.39 is 12.0 Å². The SMILES string of the molecule is COc1cccc(CC(N)C(=O)O)n1. The molecule has 0 saturated heterocycles. The van der Waals surface area contributed by atoms with Crippen molar-refractivity contribution in [2.24, 2.45) is 5.73 Å². The predicted octanol–water partition coefficient (Wildman–Crippen LogP) is 0.0446. The molecule has 0 saturated carbocycles. The van der Waals surface area contributed by atoms with Crippen LogP contribution in [0.3, 0.4) is 0 Å². The van der Waals surface area contributed by atoms with Gasteiger partial charge in [0.2, 0.25) is 5.88 Å². The molecule has 1 unspecified atom stereocenters. The number of carbonyl (C=O) groups is 1. The molecule has 0 aliphatic carbocycles. The third-order valence-corrected chi connectivity index (χ3v) is 1.74. The average molecular weight is 196 g/mol. The van der Waals surface area contributed by atoms with Gasteiger partial charge in [-0.05, 0) is 6.07 Å². The van der Waals surface area contributed by atoms with Crippen molar-refractivity contribution in [2.75, 3.05) is 7.11 Å². The number of rotatable bonds is 4. The van der Waals surface area contributed by atoms with Gasteiger partial charge in [0.15, 0.2) is 0 Å². The van der Waals surface area contributed by atoms with Crippen LogP contribution >= 0.6 is 0 Å². The fourth-order valence-corrected chi connectivity index (χ4v) is 0.998. The number of aromatic nitrogens is 1. The van der Waals surface area contributed by atoms with Crippen molar-refractivity contribution in [3.8, 4) is 5.88 Å². The van der Waals surface area contributed by atoms with Crippen molar-refractivity contribution in [1.29, 1.82) is 0 Å². The molecule has 1 aromatic rings. The van der Waals surface area contributed by atoms with Crippen LogP contribution in [-0.4, -0.2) is 29.2 Å². The Morgan fingerprint density at radius 3 is 3.00 bits per heavy atom. The number of ether oxygens (including phenoxy) is 1. The maximum Gasteiger partial charge on any atom is 0.320 e. The molecule has 0 radical (unpaired) electrons. The summed E-state index contributed by atoms with van der Waals surface area (Å²) in [4.78, 5) is 14.5. The molecule has 3 N–H and O–H groups in total. The zero-order valence-corrected chi connectivity index (χ0v) is 7.80. The Balaban J connectivity index is 2.71. The van der Waals surface area contributed by atoms with Gasteiger partial charge in [-0.15, -0.1) is 0 Å². The van der Waals surface area contributed by atoms with Crippen molar-refractivity contribution in [2.45, 2.75) is 12.5 Å². The lowest BCUT2D eigenvalue weighted by Crippen LogP contribution is -2.32. The molecule has 14 heavy (non-hydrogen) atoms. The molecular weight excluding hydrogens is 184 g/mol. The molecule has 0 aliphatic heterocycles. The lowest BCUT2D eigenvalue weighted by molar-refractivity contribution is -0.138. The zero-order valence-electron chi connectivity index (χ0n) is 7.80. The van der Waals surface area contributed by atoms with E-state index in [1.54, 1.807) is 18.2 Å². The van der Waals surface area contributed by atoms with E-state index in [4.69, 9.17) is 15.6 Å². The molecule has 0 spiro atoms. The number of carboxylic acid groups (broad SMARTS) is 1. The Hall–Kier alpha value is -1.62. The van der Waals surface area contributed by atoms with Crippen LogP contribution in [0.2, 0.25) is 0 Å². The number of aliphatic carboxylic acids is 1. The van der Waals surface area contributed by atoms with Gasteiger partial charge in [0.05, 0.1) is 7.11 Å². The molecule has 0 aliphatic rings. The van der Waals surface area contributed by atoms with Crippen LogP contribution in [0.4, 0.5) is 0 Å². The predicted molar refractivity (Wildman–Crippen MR) is 50.1 cm³/mol. The maximum atomic E-state index is 10.5. The normalized spacial score (nSPS) is 12.1. The zero-order chi connectivity index (χ0) is 10.6. The number of hydrogen-bond acceptors (Lipinski definition) is 4. The van der Waals surface area contributed by atoms with Crippen LogP contribution in [-0.2, 0) is 11.2 Å².